The lowest BCUT2D eigenvalue weighted by Gasteiger charge is -2.14. The van der Waals surface area contributed by atoms with E-state index in [1.165, 1.54) is 0 Å². The van der Waals surface area contributed by atoms with Gasteiger partial charge < -0.3 is 10.1 Å². The third kappa shape index (κ3) is 4.78. The van der Waals surface area contributed by atoms with Crippen molar-refractivity contribution in [3.05, 3.63) is 89.0 Å². The van der Waals surface area contributed by atoms with Crippen molar-refractivity contribution in [1.29, 1.82) is 0 Å². The smallest absolute Gasteiger partial charge is 0.255 e. The lowest BCUT2D eigenvalue weighted by molar-refractivity contribution is 0.102. The molecule has 0 spiro atoms. The Morgan fingerprint density at radius 3 is 2.42 bits per heavy atom. The Hall–Kier alpha value is -4.00. The molecule has 0 saturated carbocycles. The van der Waals surface area contributed by atoms with E-state index < -0.39 is 0 Å². The summed E-state index contributed by atoms with van der Waals surface area (Å²) in [6.45, 7) is 6.16. The predicted molar refractivity (Wildman–Crippen MR) is 119 cm³/mol. The molecule has 2 heterocycles. The van der Waals surface area contributed by atoms with Crippen molar-refractivity contribution in [1.82, 2.24) is 20.2 Å². The number of aromatic nitrogens is 4. The molecule has 0 radical (unpaired) electrons. The standard InChI is InChI=1S/C24H23N5O2/c1-15-11-20(12-16(2)22(15)31-14-18-5-4-10-25-13-18)24(30)27-21-8-6-19(7-9-21)23-26-17(3)28-29-23/h4-13H,14H2,1-3H3,(H,27,30)(H,26,28,29). The molecular weight excluding hydrogens is 390 g/mol. The third-order valence-corrected chi connectivity index (χ3v) is 4.83. The van der Waals surface area contributed by atoms with Crippen LogP contribution in [-0.4, -0.2) is 26.1 Å². The second kappa shape index (κ2) is 8.79. The molecular formula is C24H23N5O2. The zero-order valence-electron chi connectivity index (χ0n) is 17.6. The summed E-state index contributed by atoms with van der Waals surface area (Å²) < 4.78 is 5.98. The van der Waals surface area contributed by atoms with E-state index in [1.54, 1.807) is 12.4 Å². The number of nitrogens with zero attached hydrogens (tertiary/aromatic N) is 3. The van der Waals surface area contributed by atoms with Crippen molar-refractivity contribution in [2.45, 2.75) is 27.4 Å². The van der Waals surface area contributed by atoms with Gasteiger partial charge in [-0.2, -0.15) is 5.10 Å². The Morgan fingerprint density at radius 2 is 1.81 bits per heavy atom. The normalized spacial score (nSPS) is 10.7. The number of carbonyl (C=O) groups is 1. The van der Waals surface area contributed by atoms with Crippen molar-refractivity contribution < 1.29 is 9.53 Å². The first-order valence-electron chi connectivity index (χ1n) is 9.93. The van der Waals surface area contributed by atoms with Gasteiger partial charge in [0.2, 0.25) is 0 Å². The molecule has 0 atom stereocenters. The summed E-state index contributed by atoms with van der Waals surface area (Å²) in [7, 11) is 0. The van der Waals surface area contributed by atoms with Crippen LogP contribution < -0.4 is 10.1 Å². The molecule has 0 aliphatic carbocycles. The quantitative estimate of drug-likeness (QED) is 0.481. The Morgan fingerprint density at radius 1 is 1.06 bits per heavy atom. The summed E-state index contributed by atoms with van der Waals surface area (Å²) in [5, 5.41) is 9.91. The van der Waals surface area contributed by atoms with Gasteiger partial charge in [0, 0.05) is 34.8 Å². The van der Waals surface area contributed by atoms with E-state index in [0.717, 1.165) is 33.8 Å². The number of hydrogen-bond acceptors (Lipinski definition) is 5. The third-order valence-electron chi connectivity index (χ3n) is 4.83. The highest BCUT2D eigenvalue weighted by Gasteiger charge is 2.13. The summed E-state index contributed by atoms with van der Waals surface area (Å²) in [6, 6.07) is 15.0. The number of H-pyrrole nitrogens is 1. The largest absolute Gasteiger partial charge is 0.488 e. The molecule has 2 aromatic carbocycles. The Labute approximate surface area is 180 Å². The summed E-state index contributed by atoms with van der Waals surface area (Å²) in [5.74, 6) is 1.99. The predicted octanol–water partition coefficient (Wildman–Crippen LogP) is 4.62. The van der Waals surface area contributed by atoms with E-state index in [2.05, 4.69) is 25.5 Å². The highest BCUT2D eigenvalue weighted by atomic mass is 16.5. The summed E-state index contributed by atoms with van der Waals surface area (Å²) >= 11 is 0. The van der Waals surface area contributed by atoms with Crippen LogP contribution in [0.2, 0.25) is 0 Å². The minimum absolute atomic E-state index is 0.175. The molecule has 31 heavy (non-hydrogen) atoms. The number of hydrogen-bond donors (Lipinski definition) is 2. The molecule has 4 rings (SSSR count). The number of pyridine rings is 1. The van der Waals surface area contributed by atoms with Crippen LogP contribution in [0, 0.1) is 20.8 Å². The Kier molecular flexibility index (Phi) is 5.75. The van der Waals surface area contributed by atoms with E-state index in [0.29, 0.717) is 23.7 Å². The van der Waals surface area contributed by atoms with Crippen molar-refractivity contribution >= 4 is 11.6 Å². The number of ether oxygens (including phenoxy) is 1. The number of nitrogens with one attached hydrogen (secondary N) is 2. The Bertz CT molecular complexity index is 1180. The van der Waals surface area contributed by atoms with Gasteiger partial charge in [-0.1, -0.05) is 6.07 Å². The molecule has 156 valence electrons. The van der Waals surface area contributed by atoms with E-state index >= 15 is 0 Å². The second-order valence-corrected chi connectivity index (χ2v) is 7.37. The lowest BCUT2D eigenvalue weighted by atomic mass is 10.0. The summed E-state index contributed by atoms with van der Waals surface area (Å²) in [5.41, 5.74) is 4.97. The molecule has 2 N–H and O–H groups in total. The van der Waals surface area contributed by atoms with E-state index in [9.17, 15) is 4.79 Å². The number of aromatic amines is 1. The molecule has 4 aromatic rings. The summed E-state index contributed by atoms with van der Waals surface area (Å²) in [4.78, 5) is 21.2. The topological polar surface area (TPSA) is 92.8 Å². The number of benzene rings is 2. The molecule has 0 fully saturated rings. The highest BCUT2D eigenvalue weighted by molar-refractivity contribution is 6.04. The number of anilines is 1. The first-order valence-corrected chi connectivity index (χ1v) is 9.93. The van der Waals surface area contributed by atoms with Gasteiger partial charge in [-0.15, -0.1) is 0 Å². The van der Waals surface area contributed by atoms with Crippen LogP contribution in [-0.2, 0) is 6.61 Å². The SMILES string of the molecule is Cc1nc(-c2ccc(NC(=O)c3cc(C)c(OCc4cccnc4)c(C)c3)cc2)n[nH]1. The molecule has 0 saturated heterocycles. The average Bonchev–Trinajstić information content (AvgIpc) is 3.20. The van der Waals surface area contributed by atoms with Crippen molar-refractivity contribution in [3.63, 3.8) is 0 Å². The van der Waals surface area contributed by atoms with Crippen LogP contribution in [0.4, 0.5) is 5.69 Å². The van der Waals surface area contributed by atoms with Gasteiger partial charge in [-0.25, -0.2) is 4.98 Å². The number of rotatable bonds is 6. The fourth-order valence-corrected chi connectivity index (χ4v) is 3.33. The fraction of sp³-hybridized carbons (Fsp3) is 0.167. The van der Waals surface area contributed by atoms with Gasteiger partial charge in [-0.05, 0) is 74.4 Å². The molecule has 1 amide bonds. The summed E-state index contributed by atoms with van der Waals surface area (Å²) in [6.07, 6.45) is 3.51. The first-order chi connectivity index (χ1) is 15.0. The van der Waals surface area contributed by atoms with Crippen LogP contribution in [0.5, 0.6) is 5.75 Å². The zero-order valence-corrected chi connectivity index (χ0v) is 17.6. The van der Waals surface area contributed by atoms with Gasteiger partial charge in [0.1, 0.15) is 18.2 Å². The Balaban J connectivity index is 1.44. The maximum atomic E-state index is 12.8. The van der Waals surface area contributed by atoms with Gasteiger partial charge >= 0.3 is 0 Å². The van der Waals surface area contributed by atoms with Gasteiger partial charge in [-0.3, -0.25) is 14.9 Å². The van der Waals surface area contributed by atoms with Crippen molar-refractivity contribution in [2.24, 2.45) is 0 Å². The second-order valence-electron chi connectivity index (χ2n) is 7.37. The number of aryl methyl sites for hydroxylation is 3. The monoisotopic (exact) mass is 413 g/mol. The zero-order chi connectivity index (χ0) is 21.8. The molecule has 7 heteroatoms. The molecule has 2 aromatic heterocycles. The maximum absolute atomic E-state index is 12.8. The van der Waals surface area contributed by atoms with Crippen LogP contribution in [0.25, 0.3) is 11.4 Å². The molecule has 0 unspecified atom stereocenters. The molecule has 0 aliphatic rings. The van der Waals surface area contributed by atoms with Gasteiger partial charge in [0.15, 0.2) is 5.82 Å². The van der Waals surface area contributed by atoms with E-state index in [1.807, 2.05) is 69.3 Å². The maximum Gasteiger partial charge on any atom is 0.255 e. The van der Waals surface area contributed by atoms with Gasteiger partial charge in [0.05, 0.1) is 0 Å². The van der Waals surface area contributed by atoms with Crippen molar-refractivity contribution in [3.8, 4) is 17.1 Å². The number of carbonyl (C=O) groups excluding carboxylic acids is 1. The van der Waals surface area contributed by atoms with Crippen molar-refractivity contribution in [2.75, 3.05) is 5.32 Å². The average molecular weight is 413 g/mol. The minimum atomic E-state index is -0.175. The van der Waals surface area contributed by atoms with Crippen LogP contribution >= 0.6 is 0 Å². The lowest BCUT2D eigenvalue weighted by Crippen LogP contribution is -2.13. The van der Waals surface area contributed by atoms with Crippen LogP contribution in [0.3, 0.4) is 0 Å². The van der Waals surface area contributed by atoms with Crippen LogP contribution in [0.1, 0.15) is 32.9 Å². The van der Waals surface area contributed by atoms with E-state index in [4.69, 9.17) is 4.74 Å². The van der Waals surface area contributed by atoms with Gasteiger partial charge in [0.25, 0.3) is 5.91 Å². The highest BCUT2D eigenvalue weighted by Crippen LogP contribution is 2.26. The molecule has 7 nitrogen and oxygen atoms in total. The number of amides is 1. The first kappa shape index (κ1) is 20.3. The van der Waals surface area contributed by atoms with Crippen LogP contribution in [0.15, 0.2) is 60.9 Å². The fourth-order valence-electron chi connectivity index (χ4n) is 3.33. The minimum Gasteiger partial charge on any atom is -0.488 e. The van der Waals surface area contributed by atoms with E-state index in [-0.39, 0.29) is 5.91 Å². The molecule has 0 bridgehead atoms. The molecule has 0 aliphatic heterocycles.